The molecule has 0 aromatic carbocycles. The molecule has 2 rings (SSSR count). The van der Waals surface area contributed by atoms with Gasteiger partial charge in [0.15, 0.2) is 5.69 Å². The Morgan fingerprint density at radius 2 is 2.24 bits per heavy atom. The zero-order valence-corrected chi connectivity index (χ0v) is 10.9. The van der Waals surface area contributed by atoms with Crippen LogP contribution in [0.3, 0.4) is 0 Å². The fraction of sp³-hybridized carbons (Fsp3) is 0.100. The Morgan fingerprint density at radius 3 is 2.88 bits per heavy atom. The minimum atomic E-state index is -0.488. The number of esters is 1. The van der Waals surface area contributed by atoms with E-state index in [0.29, 0.717) is 20.7 Å². The molecule has 0 saturated carbocycles. The first-order valence-corrected chi connectivity index (χ1v) is 6.10. The molecule has 2 heterocycles. The molecule has 0 aliphatic heterocycles. The van der Waals surface area contributed by atoms with Crippen LogP contribution in [0.2, 0.25) is 10.0 Å². The van der Waals surface area contributed by atoms with Crippen LogP contribution in [-0.2, 0) is 4.74 Å². The molecule has 7 heteroatoms. The van der Waals surface area contributed by atoms with E-state index in [9.17, 15) is 4.79 Å². The molecule has 0 bridgehead atoms. The molecule has 2 aromatic rings. The van der Waals surface area contributed by atoms with E-state index in [1.165, 1.54) is 24.6 Å². The Bertz CT molecular complexity index is 571. The molecule has 0 atom stereocenters. The SMILES string of the molecule is COC(=O)c1csc(-c2ncc(Cl)cc2Cl)n1. The second-order valence-corrected chi connectivity index (χ2v) is 4.72. The van der Waals surface area contributed by atoms with Gasteiger partial charge >= 0.3 is 5.97 Å². The average molecular weight is 289 g/mol. The molecule has 0 radical (unpaired) electrons. The lowest BCUT2D eigenvalue weighted by molar-refractivity contribution is 0.0595. The van der Waals surface area contributed by atoms with Crippen LogP contribution in [0.5, 0.6) is 0 Å². The highest BCUT2D eigenvalue weighted by Crippen LogP contribution is 2.30. The maximum atomic E-state index is 11.2. The molecule has 0 fully saturated rings. The van der Waals surface area contributed by atoms with E-state index < -0.39 is 5.97 Å². The highest BCUT2D eigenvalue weighted by molar-refractivity contribution is 7.13. The standard InChI is InChI=1S/C10H6Cl2N2O2S/c1-16-10(15)7-4-17-9(14-7)8-6(12)2-5(11)3-13-8/h2-4H,1H3. The average Bonchev–Trinajstić information content (AvgIpc) is 2.77. The molecule has 0 N–H and O–H groups in total. The number of methoxy groups -OCH3 is 1. The summed E-state index contributed by atoms with van der Waals surface area (Å²) in [5.74, 6) is -0.488. The molecular weight excluding hydrogens is 283 g/mol. The van der Waals surface area contributed by atoms with Gasteiger partial charge in [0.05, 0.1) is 17.2 Å². The number of pyridine rings is 1. The normalized spacial score (nSPS) is 10.3. The molecule has 2 aromatic heterocycles. The number of ether oxygens (including phenoxy) is 1. The first kappa shape index (κ1) is 12.3. The number of nitrogens with zero attached hydrogens (tertiary/aromatic N) is 2. The third-order valence-electron chi connectivity index (χ3n) is 1.91. The Labute approximate surface area is 111 Å². The summed E-state index contributed by atoms with van der Waals surface area (Å²) in [4.78, 5) is 19.4. The summed E-state index contributed by atoms with van der Waals surface area (Å²) in [5, 5.41) is 2.98. The number of aromatic nitrogens is 2. The lowest BCUT2D eigenvalue weighted by Crippen LogP contribution is -2.01. The Morgan fingerprint density at radius 1 is 1.47 bits per heavy atom. The molecule has 0 amide bonds. The van der Waals surface area contributed by atoms with Crippen molar-refractivity contribution >= 4 is 40.5 Å². The van der Waals surface area contributed by atoms with E-state index in [1.807, 2.05) is 0 Å². The van der Waals surface area contributed by atoms with Gasteiger partial charge in [-0.3, -0.25) is 4.98 Å². The fourth-order valence-corrected chi connectivity index (χ4v) is 2.48. The van der Waals surface area contributed by atoms with Gasteiger partial charge < -0.3 is 4.74 Å². The van der Waals surface area contributed by atoms with E-state index in [4.69, 9.17) is 23.2 Å². The third kappa shape index (κ3) is 2.57. The van der Waals surface area contributed by atoms with E-state index >= 15 is 0 Å². The lowest BCUT2D eigenvalue weighted by atomic mass is 10.3. The maximum Gasteiger partial charge on any atom is 0.357 e. The first-order chi connectivity index (χ1) is 8.11. The zero-order valence-electron chi connectivity index (χ0n) is 8.61. The number of carbonyl (C=O) groups is 1. The summed E-state index contributed by atoms with van der Waals surface area (Å²) >= 11 is 13.0. The van der Waals surface area contributed by atoms with Gasteiger partial charge in [-0.1, -0.05) is 23.2 Å². The van der Waals surface area contributed by atoms with Gasteiger partial charge in [-0.05, 0) is 6.07 Å². The summed E-state index contributed by atoms with van der Waals surface area (Å²) in [6.07, 6.45) is 1.47. The summed E-state index contributed by atoms with van der Waals surface area (Å²) < 4.78 is 4.57. The lowest BCUT2D eigenvalue weighted by Gasteiger charge is -1.99. The Kier molecular flexibility index (Phi) is 3.61. The van der Waals surface area contributed by atoms with Crippen molar-refractivity contribution in [2.24, 2.45) is 0 Å². The largest absolute Gasteiger partial charge is 0.464 e. The second kappa shape index (κ2) is 5.00. The van der Waals surface area contributed by atoms with Crippen molar-refractivity contribution in [1.82, 2.24) is 9.97 Å². The maximum absolute atomic E-state index is 11.2. The number of thiazole rings is 1. The van der Waals surface area contributed by atoms with E-state index in [1.54, 1.807) is 11.4 Å². The van der Waals surface area contributed by atoms with Crippen molar-refractivity contribution in [3.63, 3.8) is 0 Å². The van der Waals surface area contributed by atoms with Gasteiger partial charge in [0.1, 0.15) is 10.7 Å². The number of rotatable bonds is 2. The van der Waals surface area contributed by atoms with E-state index in [0.717, 1.165) is 0 Å². The van der Waals surface area contributed by atoms with Crippen LogP contribution in [0.4, 0.5) is 0 Å². The molecule has 0 spiro atoms. The van der Waals surface area contributed by atoms with Gasteiger partial charge in [-0.25, -0.2) is 9.78 Å². The van der Waals surface area contributed by atoms with Crippen LogP contribution < -0.4 is 0 Å². The second-order valence-electron chi connectivity index (χ2n) is 3.01. The van der Waals surface area contributed by atoms with E-state index in [-0.39, 0.29) is 5.69 Å². The number of carbonyl (C=O) groups excluding carboxylic acids is 1. The summed E-state index contributed by atoms with van der Waals surface area (Å²) in [6, 6.07) is 1.57. The van der Waals surface area contributed by atoms with Gasteiger partial charge in [0.25, 0.3) is 0 Å². The smallest absolute Gasteiger partial charge is 0.357 e. The highest BCUT2D eigenvalue weighted by atomic mass is 35.5. The zero-order chi connectivity index (χ0) is 12.4. The minimum Gasteiger partial charge on any atom is -0.464 e. The van der Waals surface area contributed by atoms with E-state index in [2.05, 4.69) is 14.7 Å². The van der Waals surface area contributed by atoms with Crippen LogP contribution in [0.15, 0.2) is 17.6 Å². The predicted octanol–water partition coefficient (Wildman–Crippen LogP) is 3.30. The molecule has 4 nitrogen and oxygen atoms in total. The van der Waals surface area contributed by atoms with Crippen LogP contribution in [0, 0.1) is 0 Å². The van der Waals surface area contributed by atoms with Gasteiger partial charge in [-0.2, -0.15) is 0 Å². The molecule has 0 unspecified atom stereocenters. The number of hydrogen-bond acceptors (Lipinski definition) is 5. The molecule has 88 valence electrons. The van der Waals surface area contributed by atoms with Crippen molar-refractivity contribution in [2.45, 2.75) is 0 Å². The fourth-order valence-electron chi connectivity index (χ4n) is 1.15. The number of hydrogen-bond donors (Lipinski definition) is 0. The monoisotopic (exact) mass is 288 g/mol. The van der Waals surface area contributed by atoms with Crippen LogP contribution >= 0.6 is 34.5 Å². The molecule has 0 aliphatic rings. The van der Waals surface area contributed by atoms with Crippen molar-refractivity contribution < 1.29 is 9.53 Å². The van der Waals surface area contributed by atoms with Crippen molar-refractivity contribution in [3.8, 4) is 10.7 Å². The van der Waals surface area contributed by atoms with Gasteiger partial charge in [-0.15, -0.1) is 11.3 Å². The first-order valence-electron chi connectivity index (χ1n) is 4.47. The number of halogens is 2. The Hall–Kier alpha value is -1.17. The molecule has 0 aliphatic carbocycles. The molecule has 0 saturated heterocycles. The summed E-state index contributed by atoms with van der Waals surface area (Å²) in [6.45, 7) is 0. The van der Waals surface area contributed by atoms with Crippen molar-refractivity contribution in [3.05, 3.63) is 33.4 Å². The van der Waals surface area contributed by atoms with Crippen molar-refractivity contribution in [2.75, 3.05) is 7.11 Å². The summed E-state index contributed by atoms with van der Waals surface area (Å²) in [5.41, 5.74) is 0.733. The predicted molar refractivity (Wildman–Crippen MR) is 66.7 cm³/mol. The molecule has 17 heavy (non-hydrogen) atoms. The van der Waals surface area contributed by atoms with Crippen LogP contribution in [0.1, 0.15) is 10.5 Å². The summed E-state index contributed by atoms with van der Waals surface area (Å²) in [7, 11) is 1.30. The van der Waals surface area contributed by atoms with Gasteiger partial charge in [0, 0.05) is 11.6 Å². The Balaban J connectivity index is 2.40. The van der Waals surface area contributed by atoms with Crippen LogP contribution in [-0.4, -0.2) is 23.0 Å². The van der Waals surface area contributed by atoms with Crippen LogP contribution in [0.25, 0.3) is 10.7 Å². The highest BCUT2D eigenvalue weighted by Gasteiger charge is 2.14. The molecular formula is C10H6Cl2N2O2S. The third-order valence-corrected chi connectivity index (χ3v) is 3.25. The quantitative estimate of drug-likeness (QED) is 0.796. The topological polar surface area (TPSA) is 52.1 Å². The van der Waals surface area contributed by atoms with Gasteiger partial charge in [0.2, 0.25) is 0 Å². The van der Waals surface area contributed by atoms with Crippen molar-refractivity contribution in [1.29, 1.82) is 0 Å². The minimum absolute atomic E-state index is 0.236.